The zero-order chi connectivity index (χ0) is 9.14. The van der Waals surface area contributed by atoms with Gasteiger partial charge in [0.1, 0.15) is 5.78 Å². The van der Waals surface area contributed by atoms with E-state index < -0.39 is 0 Å². The number of thiol groups is 1. The third-order valence-corrected chi connectivity index (χ3v) is 2.29. The summed E-state index contributed by atoms with van der Waals surface area (Å²) in [6.07, 6.45) is 0.360. The Labute approximate surface area is 82.1 Å². The SMILES string of the molecule is CC(=O)Cc1c(S)cccc1Cl. The van der Waals surface area contributed by atoms with Crippen LogP contribution in [0, 0.1) is 0 Å². The van der Waals surface area contributed by atoms with Crippen molar-refractivity contribution in [1.82, 2.24) is 0 Å². The van der Waals surface area contributed by atoms with Crippen LogP contribution in [0.2, 0.25) is 5.02 Å². The maximum Gasteiger partial charge on any atom is 0.134 e. The zero-order valence-corrected chi connectivity index (χ0v) is 8.32. The molecule has 0 saturated carbocycles. The Morgan fingerprint density at radius 2 is 2.25 bits per heavy atom. The van der Waals surface area contributed by atoms with Crippen LogP contribution in [0.1, 0.15) is 12.5 Å². The summed E-state index contributed by atoms with van der Waals surface area (Å²) in [5.41, 5.74) is 0.815. The Bertz CT molecular complexity index is 289. The van der Waals surface area contributed by atoms with Gasteiger partial charge in [0, 0.05) is 16.3 Å². The summed E-state index contributed by atoms with van der Waals surface area (Å²) in [6.45, 7) is 1.54. The maximum absolute atomic E-state index is 10.8. The minimum Gasteiger partial charge on any atom is -0.300 e. The van der Waals surface area contributed by atoms with Crippen LogP contribution in [0.25, 0.3) is 0 Å². The van der Waals surface area contributed by atoms with Gasteiger partial charge in [-0.25, -0.2) is 0 Å². The average Bonchev–Trinajstić information content (AvgIpc) is 1.97. The highest BCUT2D eigenvalue weighted by Crippen LogP contribution is 2.23. The molecule has 1 nitrogen and oxygen atoms in total. The molecule has 0 spiro atoms. The molecule has 0 N–H and O–H groups in total. The quantitative estimate of drug-likeness (QED) is 0.727. The molecule has 3 heteroatoms. The summed E-state index contributed by atoms with van der Waals surface area (Å²) in [4.78, 5) is 11.6. The monoisotopic (exact) mass is 200 g/mol. The van der Waals surface area contributed by atoms with Gasteiger partial charge in [0.25, 0.3) is 0 Å². The highest BCUT2D eigenvalue weighted by Gasteiger charge is 2.05. The summed E-state index contributed by atoms with van der Waals surface area (Å²) in [5.74, 6) is 0.0957. The third-order valence-electron chi connectivity index (χ3n) is 1.52. The highest BCUT2D eigenvalue weighted by molar-refractivity contribution is 7.80. The lowest BCUT2D eigenvalue weighted by Gasteiger charge is -2.03. The van der Waals surface area contributed by atoms with Crippen molar-refractivity contribution in [2.45, 2.75) is 18.2 Å². The molecule has 0 aliphatic carbocycles. The van der Waals surface area contributed by atoms with E-state index in [1.165, 1.54) is 6.92 Å². The zero-order valence-electron chi connectivity index (χ0n) is 6.67. The van der Waals surface area contributed by atoms with Crippen molar-refractivity contribution in [2.24, 2.45) is 0 Å². The topological polar surface area (TPSA) is 17.1 Å². The van der Waals surface area contributed by atoms with Gasteiger partial charge in [-0.15, -0.1) is 12.6 Å². The molecule has 0 aromatic heterocycles. The number of benzene rings is 1. The number of Topliss-reactive ketones (excluding diaryl/α,β-unsaturated/α-hetero) is 1. The van der Waals surface area contributed by atoms with Crippen molar-refractivity contribution < 1.29 is 4.79 Å². The van der Waals surface area contributed by atoms with Crippen molar-refractivity contribution in [2.75, 3.05) is 0 Å². The van der Waals surface area contributed by atoms with Crippen molar-refractivity contribution in [3.05, 3.63) is 28.8 Å². The molecule has 0 amide bonds. The van der Waals surface area contributed by atoms with E-state index in [9.17, 15) is 4.79 Å². The number of hydrogen-bond acceptors (Lipinski definition) is 2. The first-order valence-corrected chi connectivity index (χ1v) is 4.39. The lowest BCUT2D eigenvalue weighted by atomic mass is 10.1. The second-order valence-corrected chi connectivity index (χ2v) is 3.51. The lowest BCUT2D eigenvalue weighted by Crippen LogP contribution is -1.98. The fraction of sp³-hybridized carbons (Fsp3) is 0.222. The fourth-order valence-corrected chi connectivity index (χ4v) is 1.56. The van der Waals surface area contributed by atoms with Gasteiger partial charge in [0.05, 0.1) is 0 Å². The smallest absolute Gasteiger partial charge is 0.134 e. The van der Waals surface area contributed by atoms with E-state index >= 15 is 0 Å². The second-order valence-electron chi connectivity index (χ2n) is 2.62. The van der Waals surface area contributed by atoms with E-state index in [-0.39, 0.29) is 5.78 Å². The van der Waals surface area contributed by atoms with Gasteiger partial charge in [-0.2, -0.15) is 0 Å². The Morgan fingerprint density at radius 1 is 1.58 bits per heavy atom. The standard InChI is InChI=1S/C9H9ClOS/c1-6(11)5-7-8(10)3-2-4-9(7)12/h2-4,12H,5H2,1H3. The normalized spacial score (nSPS) is 9.92. The predicted molar refractivity (Wildman–Crippen MR) is 53.1 cm³/mol. The first-order chi connectivity index (χ1) is 5.61. The van der Waals surface area contributed by atoms with E-state index in [0.29, 0.717) is 11.4 Å². The summed E-state index contributed by atoms with van der Waals surface area (Å²) in [5, 5.41) is 0.609. The summed E-state index contributed by atoms with van der Waals surface area (Å²) < 4.78 is 0. The van der Waals surface area contributed by atoms with E-state index in [2.05, 4.69) is 12.6 Å². The first-order valence-electron chi connectivity index (χ1n) is 3.57. The van der Waals surface area contributed by atoms with Crippen LogP contribution in [0.5, 0.6) is 0 Å². The number of carbonyl (C=O) groups is 1. The number of hydrogen-bond donors (Lipinski definition) is 1. The molecule has 0 aliphatic rings. The van der Waals surface area contributed by atoms with Gasteiger partial charge in [-0.3, -0.25) is 4.79 Å². The molecule has 0 aliphatic heterocycles. The van der Waals surface area contributed by atoms with Gasteiger partial charge in [0.15, 0.2) is 0 Å². The van der Waals surface area contributed by atoms with Crippen molar-refractivity contribution in [1.29, 1.82) is 0 Å². The second kappa shape index (κ2) is 3.97. The number of halogens is 1. The maximum atomic E-state index is 10.8. The molecule has 0 saturated heterocycles. The van der Waals surface area contributed by atoms with Gasteiger partial charge >= 0.3 is 0 Å². The summed E-state index contributed by atoms with van der Waals surface area (Å²) >= 11 is 10.1. The van der Waals surface area contributed by atoms with Crippen molar-refractivity contribution in [3.63, 3.8) is 0 Å². The van der Waals surface area contributed by atoms with Crippen LogP contribution in [0.4, 0.5) is 0 Å². The molecular formula is C9H9ClOS. The molecule has 0 unspecified atom stereocenters. The minimum absolute atomic E-state index is 0.0957. The largest absolute Gasteiger partial charge is 0.300 e. The molecule has 0 radical (unpaired) electrons. The number of rotatable bonds is 2. The van der Waals surface area contributed by atoms with Crippen LogP contribution >= 0.6 is 24.2 Å². The van der Waals surface area contributed by atoms with Crippen molar-refractivity contribution >= 4 is 30.0 Å². The summed E-state index contributed by atoms with van der Waals surface area (Å²) in [7, 11) is 0. The van der Waals surface area contributed by atoms with E-state index in [4.69, 9.17) is 11.6 Å². The van der Waals surface area contributed by atoms with E-state index in [1.54, 1.807) is 6.07 Å². The predicted octanol–water partition coefficient (Wildman–Crippen LogP) is 2.76. The average molecular weight is 201 g/mol. The van der Waals surface area contributed by atoms with Crippen LogP contribution < -0.4 is 0 Å². The number of ketones is 1. The third kappa shape index (κ3) is 2.26. The van der Waals surface area contributed by atoms with Crippen LogP contribution in [-0.2, 0) is 11.2 Å². The molecule has 12 heavy (non-hydrogen) atoms. The van der Waals surface area contributed by atoms with E-state index in [1.807, 2.05) is 12.1 Å². The molecule has 1 aromatic carbocycles. The van der Waals surface area contributed by atoms with E-state index in [0.717, 1.165) is 10.5 Å². The molecule has 0 bridgehead atoms. The summed E-state index contributed by atoms with van der Waals surface area (Å²) in [6, 6.07) is 5.40. The molecule has 0 fully saturated rings. The molecule has 64 valence electrons. The van der Waals surface area contributed by atoms with Crippen molar-refractivity contribution in [3.8, 4) is 0 Å². The molecule has 1 rings (SSSR count). The molecule has 0 heterocycles. The highest BCUT2D eigenvalue weighted by atomic mass is 35.5. The van der Waals surface area contributed by atoms with Gasteiger partial charge in [-0.1, -0.05) is 17.7 Å². The van der Waals surface area contributed by atoms with Crippen LogP contribution in [0.15, 0.2) is 23.1 Å². The molecular weight excluding hydrogens is 192 g/mol. The molecule has 0 atom stereocenters. The fourth-order valence-electron chi connectivity index (χ4n) is 0.971. The van der Waals surface area contributed by atoms with Crippen LogP contribution in [-0.4, -0.2) is 5.78 Å². The Morgan fingerprint density at radius 3 is 2.75 bits per heavy atom. The number of carbonyl (C=O) groups excluding carboxylic acids is 1. The first kappa shape index (κ1) is 9.62. The Balaban J connectivity index is 3.04. The Kier molecular flexibility index (Phi) is 3.18. The van der Waals surface area contributed by atoms with Crippen LogP contribution in [0.3, 0.4) is 0 Å². The Hall–Kier alpha value is -0.470. The minimum atomic E-state index is 0.0957. The van der Waals surface area contributed by atoms with Gasteiger partial charge in [0.2, 0.25) is 0 Å². The lowest BCUT2D eigenvalue weighted by molar-refractivity contribution is -0.116. The molecule has 1 aromatic rings. The van der Waals surface area contributed by atoms with Gasteiger partial charge in [-0.05, 0) is 24.6 Å². The van der Waals surface area contributed by atoms with Gasteiger partial charge < -0.3 is 0 Å².